The van der Waals surface area contributed by atoms with Gasteiger partial charge in [0.25, 0.3) is 0 Å². The minimum atomic E-state index is 0.263. The Morgan fingerprint density at radius 2 is 1.64 bits per heavy atom. The Morgan fingerprint density at radius 1 is 1.00 bits per heavy atom. The standard InChI is InChI=1S/C19H21NOS/c1-13(2)17-12-21-19(20-17)16-10-5-4-8-14(16)15-9-6-7-11-18(15)22-3/h4-11,13,17H,12H2,1-3H3/t17-/m1/s1. The van der Waals surface area contributed by atoms with Crippen molar-refractivity contribution in [1.82, 2.24) is 0 Å². The van der Waals surface area contributed by atoms with Gasteiger partial charge in [0.1, 0.15) is 6.61 Å². The number of ether oxygens (including phenoxy) is 1. The second-order valence-electron chi connectivity index (χ2n) is 5.80. The Bertz CT molecular complexity index is 693. The molecule has 2 aromatic rings. The van der Waals surface area contributed by atoms with E-state index in [4.69, 9.17) is 9.73 Å². The van der Waals surface area contributed by atoms with E-state index in [1.54, 1.807) is 11.8 Å². The number of hydrogen-bond donors (Lipinski definition) is 0. The first kappa shape index (κ1) is 15.2. The lowest BCUT2D eigenvalue weighted by Crippen LogP contribution is -2.13. The fourth-order valence-electron chi connectivity index (χ4n) is 2.65. The summed E-state index contributed by atoms with van der Waals surface area (Å²) in [7, 11) is 0. The molecule has 0 aromatic heterocycles. The maximum absolute atomic E-state index is 5.89. The van der Waals surface area contributed by atoms with E-state index in [9.17, 15) is 0 Å². The van der Waals surface area contributed by atoms with Crippen molar-refractivity contribution in [3.8, 4) is 11.1 Å². The van der Waals surface area contributed by atoms with Crippen LogP contribution >= 0.6 is 11.8 Å². The van der Waals surface area contributed by atoms with Crippen LogP contribution in [-0.4, -0.2) is 24.8 Å². The molecule has 0 bridgehead atoms. The van der Waals surface area contributed by atoms with E-state index in [0.29, 0.717) is 12.5 Å². The smallest absolute Gasteiger partial charge is 0.217 e. The number of rotatable bonds is 4. The maximum Gasteiger partial charge on any atom is 0.217 e. The van der Waals surface area contributed by atoms with Gasteiger partial charge >= 0.3 is 0 Å². The maximum atomic E-state index is 5.89. The molecule has 0 saturated heterocycles. The van der Waals surface area contributed by atoms with Gasteiger partial charge in [0.05, 0.1) is 6.04 Å². The molecule has 3 rings (SSSR count). The third-order valence-corrected chi connectivity index (χ3v) is 4.79. The topological polar surface area (TPSA) is 21.6 Å². The van der Waals surface area contributed by atoms with Gasteiger partial charge in [-0.2, -0.15) is 0 Å². The van der Waals surface area contributed by atoms with Gasteiger partial charge in [-0.15, -0.1) is 11.8 Å². The number of aliphatic imine (C=N–C) groups is 1. The van der Waals surface area contributed by atoms with Crippen molar-refractivity contribution in [2.45, 2.75) is 24.8 Å². The molecule has 114 valence electrons. The Kier molecular flexibility index (Phi) is 4.53. The van der Waals surface area contributed by atoms with Crippen LogP contribution in [0.1, 0.15) is 19.4 Å². The molecule has 3 heteroatoms. The predicted molar refractivity (Wildman–Crippen MR) is 94.8 cm³/mol. The molecule has 0 unspecified atom stereocenters. The van der Waals surface area contributed by atoms with Crippen LogP contribution in [0.2, 0.25) is 0 Å². The predicted octanol–water partition coefficient (Wildman–Crippen LogP) is 4.88. The average molecular weight is 311 g/mol. The van der Waals surface area contributed by atoms with Crippen LogP contribution in [-0.2, 0) is 4.74 Å². The SMILES string of the molecule is CSc1ccccc1-c1ccccc1C1=N[C@@H](C(C)C)CO1. The molecule has 0 fully saturated rings. The van der Waals surface area contributed by atoms with Crippen molar-refractivity contribution in [3.05, 3.63) is 54.1 Å². The molecular weight excluding hydrogens is 290 g/mol. The molecular formula is C19H21NOS. The van der Waals surface area contributed by atoms with Gasteiger partial charge in [0.2, 0.25) is 5.90 Å². The molecule has 0 amide bonds. The Morgan fingerprint density at radius 3 is 2.27 bits per heavy atom. The Labute approximate surface area is 136 Å². The van der Waals surface area contributed by atoms with E-state index < -0.39 is 0 Å². The van der Waals surface area contributed by atoms with Gasteiger partial charge in [-0.25, -0.2) is 4.99 Å². The Balaban J connectivity index is 2.07. The lowest BCUT2D eigenvalue weighted by atomic mass is 9.99. The summed E-state index contributed by atoms with van der Waals surface area (Å²) in [6.45, 7) is 5.07. The summed E-state index contributed by atoms with van der Waals surface area (Å²) in [6.07, 6.45) is 2.11. The molecule has 0 aliphatic carbocycles. The van der Waals surface area contributed by atoms with Crippen molar-refractivity contribution < 1.29 is 4.74 Å². The van der Waals surface area contributed by atoms with Gasteiger partial charge < -0.3 is 4.74 Å². The van der Waals surface area contributed by atoms with E-state index in [1.165, 1.54) is 16.0 Å². The molecule has 22 heavy (non-hydrogen) atoms. The van der Waals surface area contributed by atoms with Gasteiger partial charge in [0.15, 0.2) is 0 Å². The van der Waals surface area contributed by atoms with Crippen molar-refractivity contribution in [2.24, 2.45) is 10.9 Å². The monoisotopic (exact) mass is 311 g/mol. The zero-order valence-electron chi connectivity index (χ0n) is 13.2. The van der Waals surface area contributed by atoms with Crippen LogP contribution in [0, 0.1) is 5.92 Å². The van der Waals surface area contributed by atoms with Crippen LogP contribution in [0.15, 0.2) is 58.4 Å². The Hall–Kier alpha value is -1.74. The molecule has 1 heterocycles. The molecule has 1 atom stereocenters. The van der Waals surface area contributed by atoms with Crippen molar-refractivity contribution in [1.29, 1.82) is 0 Å². The van der Waals surface area contributed by atoms with Crippen LogP contribution < -0.4 is 0 Å². The number of benzene rings is 2. The third kappa shape index (κ3) is 2.91. The molecule has 0 saturated carbocycles. The number of nitrogens with zero attached hydrogens (tertiary/aromatic N) is 1. The van der Waals surface area contributed by atoms with E-state index in [-0.39, 0.29) is 6.04 Å². The van der Waals surface area contributed by atoms with E-state index >= 15 is 0 Å². The molecule has 0 radical (unpaired) electrons. The number of thioether (sulfide) groups is 1. The summed E-state index contributed by atoms with van der Waals surface area (Å²) in [6, 6.07) is 17.1. The second kappa shape index (κ2) is 6.57. The zero-order chi connectivity index (χ0) is 15.5. The summed E-state index contributed by atoms with van der Waals surface area (Å²) in [4.78, 5) is 6.06. The van der Waals surface area contributed by atoms with Gasteiger partial charge in [0, 0.05) is 10.5 Å². The summed E-state index contributed by atoms with van der Waals surface area (Å²) >= 11 is 1.77. The molecule has 1 aliphatic rings. The highest BCUT2D eigenvalue weighted by molar-refractivity contribution is 7.98. The van der Waals surface area contributed by atoms with Crippen molar-refractivity contribution >= 4 is 17.7 Å². The van der Waals surface area contributed by atoms with Crippen LogP contribution in [0.3, 0.4) is 0 Å². The normalized spacial score (nSPS) is 17.5. The van der Waals surface area contributed by atoms with E-state index in [2.05, 4.69) is 68.6 Å². The molecule has 0 N–H and O–H groups in total. The highest BCUT2D eigenvalue weighted by Crippen LogP contribution is 2.33. The zero-order valence-corrected chi connectivity index (χ0v) is 14.1. The van der Waals surface area contributed by atoms with Crippen molar-refractivity contribution in [3.63, 3.8) is 0 Å². The average Bonchev–Trinajstić information content (AvgIpc) is 3.05. The van der Waals surface area contributed by atoms with Gasteiger partial charge in [-0.3, -0.25) is 0 Å². The minimum Gasteiger partial charge on any atom is -0.475 e. The largest absolute Gasteiger partial charge is 0.475 e. The quantitative estimate of drug-likeness (QED) is 0.751. The summed E-state index contributed by atoms with van der Waals surface area (Å²) in [5.41, 5.74) is 3.52. The van der Waals surface area contributed by atoms with E-state index in [0.717, 1.165) is 11.5 Å². The third-order valence-electron chi connectivity index (χ3n) is 4.00. The van der Waals surface area contributed by atoms with Gasteiger partial charge in [-0.1, -0.05) is 50.2 Å². The first-order valence-electron chi connectivity index (χ1n) is 7.64. The first-order chi connectivity index (χ1) is 10.7. The minimum absolute atomic E-state index is 0.263. The number of hydrogen-bond acceptors (Lipinski definition) is 3. The van der Waals surface area contributed by atoms with Crippen LogP contribution in [0.25, 0.3) is 11.1 Å². The second-order valence-corrected chi connectivity index (χ2v) is 6.65. The fraction of sp³-hybridized carbons (Fsp3) is 0.316. The summed E-state index contributed by atoms with van der Waals surface area (Å²) in [5.74, 6) is 1.29. The lowest BCUT2D eigenvalue weighted by Gasteiger charge is -2.12. The van der Waals surface area contributed by atoms with Crippen LogP contribution in [0.4, 0.5) is 0 Å². The molecule has 2 aromatic carbocycles. The van der Waals surface area contributed by atoms with Crippen molar-refractivity contribution in [2.75, 3.05) is 12.9 Å². The molecule has 2 nitrogen and oxygen atoms in total. The van der Waals surface area contributed by atoms with E-state index in [1.807, 2.05) is 0 Å². The fourth-order valence-corrected chi connectivity index (χ4v) is 3.26. The lowest BCUT2D eigenvalue weighted by molar-refractivity contribution is 0.292. The summed E-state index contributed by atoms with van der Waals surface area (Å²) < 4.78 is 5.89. The van der Waals surface area contributed by atoms with Gasteiger partial charge in [-0.05, 0) is 35.4 Å². The van der Waals surface area contributed by atoms with Crippen LogP contribution in [0.5, 0.6) is 0 Å². The highest BCUT2D eigenvalue weighted by atomic mass is 32.2. The molecule has 1 aliphatic heterocycles. The highest BCUT2D eigenvalue weighted by Gasteiger charge is 2.24. The first-order valence-corrected chi connectivity index (χ1v) is 8.86. The summed E-state index contributed by atoms with van der Waals surface area (Å²) in [5, 5.41) is 0. The molecule has 0 spiro atoms.